The van der Waals surface area contributed by atoms with E-state index in [4.69, 9.17) is 4.74 Å². The highest BCUT2D eigenvalue weighted by atomic mass is 32.1. The van der Waals surface area contributed by atoms with E-state index in [1.54, 1.807) is 23.9 Å². The van der Waals surface area contributed by atoms with Crippen LogP contribution in [0.2, 0.25) is 0 Å². The van der Waals surface area contributed by atoms with Crippen molar-refractivity contribution in [1.82, 2.24) is 20.3 Å². The molecular formula is C17H19N5OS. The fourth-order valence-electron chi connectivity index (χ4n) is 2.90. The lowest BCUT2D eigenvalue weighted by Gasteiger charge is -2.24. The molecule has 0 aliphatic carbocycles. The minimum absolute atomic E-state index is 0.155. The van der Waals surface area contributed by atoms with Crippen LogP contribution < -0.4 is 15.4 Å². The van der Waals surface area contributed by atoms with Gasteiger partial charge in [0.05, 0.1) is 5.39 Å². The monoisotopic (exact) mass is 341 g/mol. The summed E-state index contributed by atoms with van der Waals surface area (Å²) < 4.78 is 6.11. The molecule has 1 aliphatic heterocycles. The quantitative estimate of drug-likeness (QED) is 0.759. The number of rotatable bonds is 4. The van der Waals surface area contributed by atoms with Crippen LogP contribution in [0.3, 0.4) is 0 Å². The Morgan fingerprint density at radius 3 is 3.17 bits per heavy atom. The van der Waals surface area contributed by atoms with Crippen LogP contribution in [-0.4, -0.2) is 34.1 Å². The molecule has 0 unspecified atom stereocenters. The molecule has 1 aliphatic rings. The number of hydrogen-bond donors (Lipinski definition) is 2. The van der Waals surface area contributed by atoms with Gasteiger partial charge in [-0.2, -0.15) is 0 Å². The van der Waals surface area contributed by atoms with Crippen LogP contribution in [0.5, 0.6) is 5.88 Å². The molecule has 3 aromatic rings. The van der Waals surface area contributed by atoms with Gasteiger partial charge in [-0.05, 0) is 49.4 Å². The highest BCUT2D eigenvalue weighted by molar-refractivity contribution is 7.17. The molecule has 7 heteroatoms. The number of anilines is 2. The Labute approximate surface area is 144 Å². The zero-order valence-electron chi connectivity index (χ0n) is 13.5. The van der Waals surface area contributed by atoms with Crippen LogP contribution >= 0.6 is 11.3 Å². The predicted molar refractivity (Wildman–Crippen MR) is 96.2 cm³/mol. The molecule has 6 nitrogen and oxygen atoms in total. The van der Waals surface area contributed by atoms with Crippen molar-refractivity contribution < 1.29 is 4.74 Å². The zero-order valence-corrected chi connectivity index (χ0v) is 14.3. The molecule has 1 atom stereocenters. The zero-order chi connectivity index (χ0) is 16.4. The van der Waals surface area contributed by atoms with Gasteiger partial charge in [0.2, 0.25) is 5.88 Å². The first-order valence-electron chi connectivity index (χ1n) is 8.09. The van der Waals surface area contributed by atoms with Crippen molar-refractivity contribution in [3.8, 4) is 5.88 Å². The number of ether oxygens (including phenoxy) is 1. The van der Waals surface area contributed by atoms with Gasteiger partial charge in [0.1, 0.15) is 28.8 Å². The molecule has 0 radical (unpaired) electrons. The van der Waals surface area contributed by atoms with E-state index in [2.05, 4.69) is 37.9 Å². The van der Waals surface area contributed by atoms with Crippen LogP contribution in [-0.2, 0) is 0 Å². The lowest BCUT2D eigenvalue weighted by Crippen LogP contribution is -2.37. The first kappa shape index (κ1) is 15.3. The summed E-state index contributed by atoms with van der Waals surface area (Å²) in [5.74, 6) is 1.41. The minimum Gasteiger partial charge on any atom is -0.472 e. The summed E-state index contributed by atoms with van der Waals surface area (Å²) in [6.45, 7) is 3.99. The maximum absolute atomic E-state index is 6.11. The van der Waals surface area contributed by atoms with E-state index in [-0.39, 0.29) is 6.10 Å². The third kappa shape index (κ3) is 3.05. The van der Waals surface area contributed by atoms with Crippen LogP contribution in [0.15, 0.2) is 30.0 Å². The molecule has 124 valence electrons. The van der Waals surface area contributed by atoms with Crippen molar-refractivity contribution in [1.29, 1.82) is 0 Å². The summed E-state index contributed by atoms with van der Waals surface area (Å²) in [5, 5.41) is 9.89. The number of nitrogens with one attached hydrogen (secondary N) is 2. The van der Waals surface area contributed by atoms with Gasteiger partial charge in [0.15, 0.2) is 0 Å². The molecule has 0 aromatic carbocycles. The Hall–Kier alpha value is -2.25. The summed E-state index contributed by atoms with van der Waals surface area (Å²) >= 11 is 1.63. The topological polar surface area (TPSA) is 72.0 Å². The van der Waals surface area contributed by atoms with Gasteiger partial charge < -0.3 is 15.4 Å². The maximum atomic E-state index is 6.11. The molecule has 0 saturated carbocycles. The number of pyridine rings is 1. The predicted octanol–water partition coefficient (Wildman–Crippen LogP) is 3.27. The van der Waals surface area contributed by atoms with E-state index in [9.17, 15) is 0 Å². The molecule has 2 N–H and O–H groups in total. The van der Waals surface area contributed by atoms with Gasteiger partial charge in [-0.25, -0.2) is 15.0 Å². The van der Waals surface area contributed by atoms with Crippen LogP contribution in [0.25, 0.3) is 10.2 Å². The van der Waals surface area contributed by atoms with Gasteiger partial charge in [0.25, 0.3) is 0 Å². The second-order valence-electron chi connectivity index (χ2n) is 5.89. The SMILES string of the molecule is Cc1csc2ncnc(Nc3cccnc3O[C@H]3CCCNC3)c12. The van der Waals surface area contributed by atoms with Gasteiger partial charge in [-0.1, -0.05) is 0 Å². The number of aryl methyl sites for hydroxylation is 1. The number of fused-ring (bicyclic) bond motifs is 1. The molecule has 0 amide bonds. The molecule has 0 bridgehead atoms. The summed E-state index contributed by atoms with van der Waals surface area (Å²) in [6, 6.07) is 3.86. The highest BCUT2D eigenvalue weighted by Gasteiger charge is 2.18. The Morgan fingerprint density at radius 2 is 2.29 bits per heavy atom. The van der Waals surface area contributed by atoms with Crippen LogP contribution in [0.1, 0.15) is 18.4 Å². The van der Waals surface area contributed by atoms with Crippen molar-refractivity contribution in [2.75, 3.05) is 18.4 Å². The van der Waals surface area contributed by atoms with Crippen LogP contribution in [0, 0.1) is 6.92 Å². The smallest absolute Gasteiger partial charge is 0.238 e. The maximum Gasteiger partial charge on any atom is 0.238 e. The molecule has 0 spiro atoms. The van der Waals surface area contributed by atoms with E-state index < -0.39 is 0 Å². The van der Waals surface area contributed by atoms with Gasteiger partial charge in [-0.3, -0.25) is 0 Å². The second kappa shape index (κ2) is 6.70. The summed E-state index contributed by atoms with van der Waals surface area (Å²) in [7, 11) is 0. The number of thiophene rings is 1. The van der Waals surface area contributed by atoms with E-state index >= 15 is 0 Å². The van der Waals surface area contributed by atoms with E-state index in [0.717, 1.165) is 47.7 Å². The average Bonchev–Trinajstić information content (AvgIpc) is 3.00. The normalized spacial score (nSPS) is 17.8. The molecular weight excluding hydrogens is 322 g/mol. The Morgan fingerprint density at radius 1 is 1.33 bits per heavy atom. The van der Waals surface area contributed by atoms with Crippen molar-refractivity contribution in [2.24, 2.45) is 0 Å². The third-order valence-electron chi connectivity index (χ3n) is 4.11. The summed E-state index contributed by atoms with van der Waals surface area (Å²) in [5.41, 5.74) is 2.00. The van der Waals surface area contributed by atoms with E-state index in [1.807, 2.05) is 12.1 Å². The van der Waals surface area contributed by atoms with Gasteiger partial charge in [-0.15, -0.1) is 11.3 Å². The molecule has 3 aromatic heterocycles. The lowest BCUT2D eigenvalue weighted by molar-refractivity contribution is 0.161. The van der Waals surface area contributed by atoms with Gasteiger partial charge in [0, 0.05) is 12.7 Å². The fourth-order valence-corrected chi connectivity index (χ4v) is 3.79. The molecule has 4 heterocycles. The standard InChI is InChI=1S/C17H19N5OS/c1-11-9-24-17-14(11)15(20-10-21-17)22-13-5-3-7-19-16(13)23-12-4-2-6-18-8-12/h3,5,7,9-10,12,18H,2,4,6,8H2,1H3,(H,20,21,22)/t12-/m0/s1. The minimum atomic E-state index is 0.155. The average molecular weight is 341 g/mol. The number of nitrogens with zero attached hydrogens (tertiary/aromatic N) is 3. The number of piperidine rings is 1. The Bertz CT molecular complexity index is 844. The second-order valence-corrected chi connectivity index (χ2v) is 6.75. The van der Waals surface area contributed by atoms with Crippen molar-refractivity contribution in [3.05, 3.63) is 35.6 Å². The van der Waals surface area contributed by atoms with Crippen molar-refractivity contribution >= 4 is 33.1 Å². The fraction of sp³-hybridized carbons (Fsp3) is 0.353. The lowest BCUT2D eigenvalue weighted by atomic mass is 10.1. The van der Waals surface area contributed by atoms with Crippen LogP contribution in [0.4, 0.5) is 11.5 Å². The third-order valence-corrected chi connectivity index (χ3v) is 5.11. The van der Waals surface area contributed by atoms with Crippen molar-refractivity contribution in [3.63, 3.8) is 0 Å². The highest BCUT2D eigenvalue weighted by Crippen LogP contribution is 2.32. The molecule has 1 saturated heterocycles. The van der Waals surface area contributed by atoms with E-state index in [0.29, 0.717) is 5.88 Å². The molecule has 24 heavy (non-hydrogen) atoms. The number of hydrogen-bond acceptors (Lipinski definition) is 7. The first-order valence-corrected chi connectivity index (χ1v) is 8.97. The van der Waals surface area contributed by atoms with Crippen molar-refractivity contribution in [2.45, 2.75) is 25.9 Å². The summed E-state index contributed by atoms with van der Waals surface area (Å²) in [4.78, 5) is 14.1. The van der Waals surface area contributed by atoms with E-state index in [1.165, 1.54) is 5.56 Å². The largest absolute Gasteiger partial charge is 0.472 e. The Balaban J connectivity index is 1.63. The molecule has 1 fully saturated rings. The first-order chi connectivity index (χ1) is 11.8. The Kier molecular flexibility index (Phi) is 4.27. The summed E-state index contributed by atoms with van der Waals surface area (Å²) in [6.07, 6.45) is 5.67. The number of aromatic nitrogens is 3. The van der Waals surface area contributed by atoms with Gasteiger partial charge >= 0.3 is 0 Å². The molecule has 4 rings (SSSR count).